The van der Waals surface area contributed by atoms with Crippen LogP contribution in [0.2, 0.25) is 0 Å². The second-order valence-corrected chi connectivity index (χ2v) is 7.18. The summed E-state index contributed by atoms with van der Waals surface area (Å²) in [6.45, 7) is 0. The van der Waals surface area contributed by atoms with Crippen LogP contribution in [-0.4, -0.2) is 34.5 Å². The Hall–Kier alpha value is -3.34. The van der Waals surface area contributed by atoms with Gasteiger partial charge in [-0.05, 0) is 30.3 Å². The summed E-state index contributed by atoms with van der Waals surface area (Å²) in [5.41, 5.74) is 3.48. The third-order valence-electron chi connectivity index (χ3n) is 5.36. The van der Waals surface area contributed by atoms with E-state index in [1.54, 1.807) is 56.7 Å². The molecule has 0 spiro atoms. The smallest absolute Gasteiger partial charge is 0.203 e. The van der Waals surface area contributed by atoms with Crippen molar-refractivity contribution in [3.63, 3.8) is 0 Å². The van der Waals surface area contributed by atoms with E-state index in [1.165, 1.54) is 0 Å². The highest BCUT2D eigenvalue weighted by atomic mass is 19.1. The first-order valence-electron chi connectivity index (χ1n) is 9.38. The lowest BCUT2D eigenvalue weighted by Crippen LogP contribution is -2.23. The summed E-state index contributed by atoms with van der Waals surface area (Å²) >= 11 is 0. The van der Waals surface area contributed by atoms with E-state index in [1.807, 2.05) is 16.7 Å². The molecule has 0 saturated heterocycles. The fourth-order valence-corrected chi connectivity index (χ4v) is 3.98. The Labute approximate surface area is 176 Å². The molecular formula is C23H16B2FNO3. The molecule has 0 saturated carbocycles. The van der Waals surface area contributed by atoms with Crippen molar-refractivity contribution in [1.82, 2.24) is 4.57 Å². The van der Waals surface area contributed by atoms with Gasteiger partial charge in [-0.15, -0.1) is 0 Å². The van der Waals surface area contributed by atoms with Crippen LogP contribution in [0, 0.1) is 5.82 Å². The van der Waals surface area contributed by atoms with Gasteiger partial charge in [-0.3, -0.25) is 4.57 Å². The van der Waals surface area contributed by atoms with Crippen molar-refractivity contribution in [1.29, 1.82) is 0 Å². The lowest BCUT2D eigenvalue weighted by molar-refractivity contribution is 0.172. The second kappa shape index (κ2) is 6.87. The molecule has 0 N–H and O–H groups in total. The van der Waals surface area contributed by atoms with Gasteiger partial charge in [0, 0.05) is 22.6 Å². The highest BCUT2D eigenvalue weighted by molar-refractivity contribution is 6.33. The van der Waals surface area contributed by atoms with E-state index in [2.05, 4.69) is 0 Å². The van der Waals surface area contributed by atoms with Crippen molar-refractivity contribution in [2.45, 2.75) is 6.23 Å². The first-order valence-corrected chi connectivity index (χ1v) is 9.38. The maximum absolute atomic E-state index is 15.6. The molecule has 4 nitrogen and oxygen atoms in total. The summed E-state index contributed by atoms with van der Waals surface area (Å²) in [5, 5.41) is 0.429. The Morgan fingerprint density at radius 1 is 0.900 bits per heavy atom. The Morgan fingerprint density at radius 2 is 1.57 bits per heavy atom. The maximum Gasteiger partial charge on any atom is 0.203 e. The quantitative estimate of drug-likeness (QED) is 0.501. The number of halogens is 1. The van der Waals surface area contributed by atoms with E-state index < -0.39 is 6.23 Å². The maximum atomic E-state index is 15.6. The van der Waals surface area contributed by atoms with E-state index in [-0.39, 0.29) is 5.82 Å². The molecule has 2 heterocycles. The van der Waals surface area contributed by atoms with Crippen LogP contribution in [0.15, 0.2) is 54.6 Å². The van der Waals surface area contributed by atoms with Gasteiger partial charge in [0.15, 0.2) is 5.82 Å². The minimum absolute atomic E-state index is 0.355. The molecule has 4 aromatic rings. The molecule has 3 aromatic carbocycles. The summed E-state index contributed by atoms with van der Waals surface area (Å²) in [6, 6.07) is 15.8. The number of rotatable bonds is 3. The van der Waals surface area contributed by atoms with Gasteiger partial charge in [0.1, 0.15) is 32.9 Å². The molecule has 1 aromatic heterocycles. The van der Waals surface area contributed by atoms with E-state index in [4.69, 9.17) is 29.9 Å². The zero-order chi connectivity index (χ0) is 21.0. The molecular weight excluding hydrogens is 379 g/mol. The zero-order valence-electron chi connectivity index (χ0n) is 16.5. The molecule has 4 radical (unpaired) electrons. The monoisotopic (exact) mass is 395 g/mol. The minimum Gasteiger partial charge on any atom is -0.497 e. The van der Waals surface area contributed by atoms with Gasteiger partial charge in [0.25, 0.3) is 0 Å². The van der Waals surface area contributed by atoms with E-state index in [9.17, 15) is 0 Å². The first-order chi connectivity index (χ1) is 14.5. The SMILES string of the molecule is [B]c1ccc2c(c1)OC(c1cc(OC)cc(OC)c1)n1c-2c(F)c2cc([B])ccc21. The number of methoxy groups -OCH3 is 2. The molecule has 1 aliphatic rings. The zero-order valence-corrected chi connectivity index (χ0v) is 16.5. The van der Waals surface area contributed by atoms with Gasteiger partial charge in [-0.25, -0.2) is 4.39 Å². The van der Waals surface area contributed by atoms with Gasteiger partial charge >= 0.3 is 0 Å². The Bertz CT molecular complexity index is 1280. The van der Waals surface area contributed by atoms with E-state index in [0.717, 1.165) is 5.56 Å². The molecule has 144 valence electrons. The summed E-state index contributed by atoms with van der Waals surface area (Å²) in [7, 11) is 15.1. The van der Waals surface area contributed by atoms with Gasteiger partial charge < -0.3 is 14.2 Å². The Balaban J connectivity index is 1.84. The number of ether oxygens (including phenoxy) is 3. The predicted molar refractivity (Wildman–Crippen MR) is 116 cm³/mol. The first kappa shape index (κ1) is 18.7. The second-order valence-electron chi connectivity index (χ2n) is 7.18. The normalized spacial score (nSPS) is 14.7. The van der Waals surface area contributed by atoms with Crippen LogP contribution in [0.3, 0.4) is 0 Å². The van der Waals surface area contributed by atoms with Gasteiger partial charge in [0.2, 0.25) is 6.23 Å². The topological polar surface area (TPSA) is 32.6 Å². The van der Waals surface area contributed by atoms with Gasteiger partial charge in [-0.1, -0.05) is 29.1 Å². The van der Waals surface area contributed by atoms with Crippen LogP contribution in [-0.2, 0) is 0 Å². The summed E-state index contributed by atoms with van der Waals surface area (Å²) < 4.78 is 34.7. The molecule has 0 bridgehead atoms. The molecule has 0 aliphatic carbocycles. The van der Waals surface area contributed by atoms with Crippen molar-refractivity contribution in [3.8, 4) is 28.5 Å². The Kier molecular flexibility index (Phi) is 4.28. The molecule has 0 amide bonds. The lowest BCUT2D eigenvalue weighted by atomic mass is 9.93. The van der Waals surface area contributed by atoms with Crippen LogP contribution in [0.4, 0.5) is 4.39 Å². The Morgan fingerprint density at radius 3 is 2.27 bits per heavy atom. The minimum atomic E-state index is -0.658. The summed E-state index contributed by atoms with van der Waals surface area (Å²) in [4.78, 5) is 0. The van der Waals surface area contributed by atoms with Crippen LogP contribution in [0.1, 0.15) is 11.8 Å². The number of hydrogen-bond donors (Lipinski definition) is 0. The highest BCUT2D eigenvalue weighted by Gasteiger charge is 2.33. The number of aromatic nitrogens is 1. The standard InChI is InChI=1S/C23H16B2FNO3/c1-28-15-7-12(8-16(11-15)29-2)23-27-19-6-4-13(24)9-18(19)21(26)22(27)17-5-3-14(25)10-20(17)30-23/h3-11,23H,1-2H3. The number of fused-ring (bicyclic) bond motifs is 5. The van der Waals surface area contributed by atoms with Gasteiger partial charge in [0.05, 0.1) is 25.4 Å². The molecule has 1 atom stereocenters. The third-order valence-corrected chi connectivity index (χ3v) is 5.36. The largest absolute Gasteiger partial charge is 0.497 e. The molecule has 5 rings (SSSR count). The van der Waals surface area contributed by atoms with Crippen molar-refractivity contribution < 1.29 is 18.6 Å². The fourth-order valence-electron chi connectivity index (χ4n) is 3.98. The molecule has 1 aliphatic heterocycles. The van der Waals surface area contributed by atoms with Crippen LogP contribution >= 0.6 is 0 Å². The van der Waals surface area contributed by atoms with E-state index >= 15 is 4.39 Å². The molecule has 30 heavy (non-hydrogen) atoms. The van der Waals surface area contributed by atoms with Crippen molar-refractivity contribution in [3.05, 3.63) is 66.0 Å². The number of nitrogens with zero attached hydrogens (tertiary/aromatic N) is 1. The number of benzene rings is 3. The fraction of sp³-hybridized carbons (Fsp3) is 0.130. The summed E-state index contributed by atoms with van der Waals surface area (Å²) in [6.07, 6.45) is -0.658. The van der Waals surface area contributed by atoms with Crippen LogP contribution in [0.25, 0.3) is 22.2 Å². The molecule has 1 unspecified atom stereocenters. The summed E-state index contributed by atoms with van der Waals surface area (Å²) in [5.74, 6) is 1.36. The number of hydrogen-bond acceptors (Lipinski definition) is 3. The van der Waals surface area contributed by atoms with Crippen molar-refractivity contribution >= 4 is 37.5 Å². The van der Waals surface area contributed by atoms with Crippen molar-refractivity contribution in [2.75, 3.05) is 14.2 Å². The van der Waals surface area contributed by atoms with Gasteiger partial charge in [-0.2, -0.15) is 0 Å². The lowest BCUT2D eigenvalue weighted by Gasteiger charge is -2.30. The van der Waals surface area contributed by atoms with Crippen molar-refractivity contribution in [2.24, 2.45) is 0 Å². The van der Waals surface area contributed by atoms with E-state index in [0.29, 0.717) is 50.3 Å². The van der Waals surface area contributed by atoms with Crippen LogP contribution in [0.5, 0.6) is 17.2 Å². The third kappa shape index (κ3) is 2.76. The average molecular weight is 395 g/mol. The molecule has 7 heteroatoms. The highest BCUT2D eigenvalue weighted by Crippen LogP contribution is 2.46. The average Bonchev–Trinajstić information content (AvgIpc) is 3.04. The predicted octanol–water partition coefficient (Wildman–Crippen LogP) is 2.99. The molecule has 0 fully saturated rings. The van der Waals surface area contributed by atoms with Crippen LogP contribution < -0.4 is 25.1 Å².